The summed E-state index contributed by atoms with van der Waals surface area (Å²) in [5.74, 6) is -0.559. The number of esters is 1. The molecule has 4 aromatic carbocycles. The molecule has 2 amide bonds. The second-order valence-corrected chi connectivity index (χ2v) is 10.8. The van der Waals surface area contributed by atoms with Crippen molar-refractivity contribution in [2.45, 2.75) is 6.54 Å². The van der Waals surface area contributed by atoms with E-state index >= 15 is 0 Å². The molecule has 0 saturated carbocycles. The third-order valence-electron chi connectivity index (χ3n) is 5.68. The molecule has 0 bridgehead atoms. The van der Waals surface area contributed by atoms with Gasteiger partial charge < -0.3 is 4.74 Å². The standard InChI is InChI=1S/C28H16BrCl2NO4S/c29-22-12-16(8-11-24(22)36-27(34)21-7-3-5-17-4-1-2-6-20(17)21)13-25-26(33)32(28(35)37-25)15-18-9-10-19(30)14-23(18)31/h1-14H,15H2/b25-13-. The molecule has 1 aliphatic heterocycles. The van der Waals surface area contributed by atoms with Gasteiger partial charge in [-0.15, -0.1) is 0 Å². The average Bonchev–Trinajstić information content (AvgIpc) is 3.14. The number of imide groups is 1. The molecule has 1 fully saturated rings. The highest BCUT2D eigenvalue weighted by Gasteiger charge is 2.35. The predicted octanol–water partition coefficient (Wildman–Crippen LogP) is 8.36. The Labute approximate surface area is 235 Å². The molecule has 0 aliphatic carbocycles. The van der Waals surface area contributed by atoms with Gasteiger partial charge in [-0.05, 0) is 86.0 Å². The third kappa shape index (κ3) is 5.45. The van der Waals surface area contributed by atoms with E-state index in [0.29, 0.717) is 37.0 Å². The molecule has 37 heavy (non-hydrogen) atoms. The summed E-state index contributed by atoms with van der Waals surface area (Å²) in [5, 5.41) is 2.21. The Bertz CT molecular complexity index is 1620. The second-order valence-electron chi connectivity index (χ2n) is 8.11. The highest BCUT2D eigenvalue weighted by atomic mass is 79.9. The maximum atomic E-state index is 12.9. The Balaban J connectivity index is 1.33. The SMILES string of the molecule is O=C(Oc1ccc(/C=C2\SC(=O)N(Cc3ccc(Cl)cc3Cl)C2=O)cc1Br)c1cccc2ccccc12. The molecule has 5 nitrogen and oxygen atoms in total. The van der Waals surface area contributed by atoms with Gasteiger partial charge in [0.05, 0.1) is 21.5 Å². The quantitative estimate of drug-likeness (QED) is 0.129. The van der Waals surface area contributed by atoms with E-state index in [1.165, 1.54) is 0 Å². The zero-order valence-corrected chi connectivity index (χ0v) is 22.8. The summed E-state index contributed by atoms with van der Waals surface area (Å²) >= 11 is 16.4. The minimum Gasteiger partial charge on any atom is -0.422 e. The van der Waals surface area contributed by atoms with E-state index in [0.717, 1.165) is 27.4 Å². The summed E-state index contributed by atoms with van der Waals surface area (Å²) in [4.78, 5) is 39.8. The number of hydrogen-bond acceptors (Lipinski definition) is 5. The van der Waals surface area contributed by atoms with Crippen molar-refractivity contribution >= 4 is 84.9 Å². The highest BCUT2D eigenvalue weighted by Crippen LogP contribution is 2.36. The Kier molecular flexibility index (Phi) is 7.40. The molecule has 0 unspecified atom stereocenters. The number of hydrogen-bond donors (Lipinski definition) is 0. The van der Waals surface area contributed by atoms with Crippen molar-refractivity contribution in [3.8, 4) is 5.75 Å². The molecular weight excluding hydrogens is 597 g/mol. The topological polar surface area (TPSA) is 63.7 Å². The van der Waals surface area contributed by atoms with Crippen LogP contribution in [0.3, 0.4) is 0 Å². The number of fused-ring (bicyclic) bond motifs is 1. The normalized spacial score (nSPS) is 14.6. The van der Waals surface area contributed by atoms with Gasteiger partial charge in [0.15, 0.2) is 0 Å². The van der Waals surface area contributed by atoms with Gasteiger partial charge in [-0.2, -0.15) is 0 Å². The van der Waals surface area contributed by atoms with Crippen LogP contribution >= 0.6 is 50.9 Å². The fraction of sp³-hybridized carbons (Fsp3) is 0.0357. The summed E-state index contributed by atoms with van der Waals surface area (Å²) in [7, 11) is 0. The number of amides is 2. The van der Waals surface area contributed by atoms with Crippen molar-refractivity contribution in [1.82, 2.24) is 4.90 Å². The number of rotatable bonds is 5. The Morgan fingerprint density at radius 1 is 0.973 bits per heavy atom. The van der Waals surface area contributed by atoms with Crippen molar-refractivity contribution < 1.29 is 19.1 Å². The van der Waals surface area contributed by atoms with E-state index < -0.39 is 11.9 Å². The Morgan fingerprint density at radius 3 is 2.54 bits per heavy atom. The molecule has 5 rings (SSSR count). The van der Waals surface area contributed by atoms with Crippen LogP contribution in [0.1, 0.15) is 21.5 Å². The van der Waals surface area contributed by atoms with Gasteiger partial charge in [-0.3, -0.25) is 14.5 Å². The zero-order chi connectivity index (χ0) is 26.1. The highest BCUT2D eigenvalue weighted by molar-refractivity contribution is 9.10. The van der Waals surface area contributed by atoms with Crippen LogP contribution in [0.15, 0.2) is 88.2 Å². The van der Waals surface area contributed by atoms with Crippen LogP contribution in [-0.4, -0.2) is 22.0 Å². The van der Waals surface area contributed by atoms with E-state index in [9.17, 15) is 14.4 Å². The average molecular weight is 613 g/mol. The van der Waals surface area contributed by atoms with Crippen molar-refractivity contribution in [3.63, 3.8) is 0 Å². The predicted molar refractivity (Wildman–Crippen MR) is 151 cm³/mol. The summed E-state index contributed by atoms with van der Waals surface area (Å²) in [5.41, 5.74) is 1.74. The molecule has 0 N–H and O–H groups in total. The summed E-state index contributed by atoms with van der Waals surface area (Å²) in [6.07, 6.45) is 1.62. The molecule has 0 radical (unpaired) electrons. The van der Waals surface area contributed by atoms with Crippen LogP contribution in [0, 0.1) is 0 Å². The van der Waals surface area contributed by atoms with E-state index in [1.54, 1.807) is 48.5 Å². The number of carbonyl (C=O) groups excluding carboxylic acids is 3. The molecule has 184 valence electrons. The summed E-state index contributed by atoms with van der Waals surface area (Å²) < 4.78 is 6.17. The molecule has 1 saturated heterocycles. The fourth-order valence-corrected chi connectivity index (χ4v) is 5.64. The van der Waals surface area contributed by atoms with Crippen LogP contribution in [0.4, 0.5) is 4.79 Å². The van der Waals surface area contributed by atoms with Gasteiger partial charge in [0.25, 0.3) is 11.1 Å². The third-order valence-corrected chi connectivity index (χ3v) is 7.80. The maximum Gasteiger partial charge on any atom is 0.344 e. The van der Waals surface area contributed by atoms with E-state index in [4.69, 9.17) is 27.9 Å². The number of carbonyl (C=O) groups is 3. The number of halogens is 3. The van der Waals surface area contributed by atoms with Crippen molar-refractivity contribution in [2.24, 2.45) is 0 Å². The first-order valence-electron chi connectivity index (χ1n) is 11.0. The summed E-state index contributed by atoms with van der Waals surface area (Å²) in [6.45, 7) is 0.0464. The fourth-order valence-electron chi connectivity index (χ4n) is 3.86. The number of thioether (sulfide) groups is 1. The van der Waals surface area contributed by atoms with Crippen LogP contribution in [0.25, 0.3) is 16.8 Å². The molecule has 0 atom stereocenters. The van der Waals surface area contributed by atoms with Gasteiger partial charge in [0.2, 0.25) is 0 Å². The second kappa shape index (κ2) is 10.7. The first-order chi connectivity index (χ1) is 17.8. The van der Waals surface area contributed by atoms with E-state index in [-0.39, 0.29) is 16.7 Å². The molecular formula is C28H16BrCl2NO4S. The molecule has 0 aromatic heterocycles. The largest absolute Gasteiger partial charge is 0.422 e. The lowest BCUT2D eigenvalue weighted by molar-refractivity contribution is -0.123. The molecule has 1 heterocycles. The minimum absolute atomic E-state index is 0.0464. The van der Waals surface area contributed by atoms with Crippen molar-refractivity contribution in [1.29, 1.82) is 0 Å². The van der Waals surface area contributed by atoms with Crippen molar-refractivity contribution in [2.75, 3.05) is 0 Å². The van der Waals surface area contributed by atoms with Crippen molar-refractivity contribution in [3.05, 3.63) is 115 Å². The molecule has 1 aliphatic rings. The monoisotopic (exact) mass is 611 g/mol. The Hall–Kier alpha value is -3.10. The molecule has 9 heteroatoms. The Morgan fingerprint density at radius 2 is 1.76 bits per heavy atom. The number of ether oxygens (including phenoxy) is 1. The lowest BCUT2D eigenvalue weighted by Gasteiger charge is -2.13. The van der Waals surface area contributed by atoms with Gasteiger partial charge in [0.1, 0.15) is 5.75 Å². The first kappa shape index (κ1) is 25.5. The first-order valence-corrected chi connectivity index (χ1v) is 13.4. The van der Waals surface area contributed by atoms with E-state index in [2.05, 4.69) is 15.9 Å². The van der Waals surface area contributed by atoms with Crippen LogP contribution in [0.5, 0.6) is 5.75 Å². The number of benzene rings is 4. The lowest BCUT2D eigenvalue weighted by atomic mass is 10.0. The number of nitrogens with zero attached hydrogens (tertiary/aromatic N) is 1. The van der Waals surface area contributed by atoms with Gasteiger partial charge >= 0.3 is 5.97 Å². The molecule has 0 spiro atoms. The molecule has 4 aromatic rings. The van der Waals surface area contributed by atoms with Crippen LogP contribution in [-0.2, 0) is 11.3 Å². The van der Waals surface area contributed by atoms with Gasteiger partial charge in [-0.25, -0.2) is 4.79 Å². The smallest absolute Gasteiger partial charge is 0.344 e. The maximum absolute atomic E-state index is 12.9. The zero-order valence-electron chi connectivity index (χ0n) is 18.9. The van der Waals surface area contributed by atoms with Gasteiger partial charge in [-0.1, -0.05) is 71.7 Å². The van der Waals surface area contributed by atoms with Crippen LogP contribution < -0.4 is 4.74 Å². The van der Waals surface area contributed by atoms with E-state index in [1.807, 2.05) is 36.4 Å². The lowest BCUT2D eigenvalue weighted by Crippen LogP contribution is -2.27. The summed E-state index contributed by atoms with van der Waals surface area (Å²) in [6, 6.07) is 23.0. The minimum atomic E-state index is -0.479. The van der Waals surface area contributed by atoms with Gasteiger partial charge in [0, 0.05) is 10.0 Å². The van der Waals surface area contributed by atoms with Crippen LogP contribution in [0.2, 0.25) is 10.0 Å².